The number of carboxylic acids is 1. The van der Waals surface area contributed by atoms with Gasteiger partial charge < -0.3 is 15.7 Å². The first-order chi connectivity index (χ1) is 7.56. The molecule has 3 N–H and O–H groups in total. The maximum absolute atomic E-state index is 11.7. The van der Waals surface area contributed by atoms with Crippen molar-refractivity contribution in [2.24, 2.45) is 11.8 Å². The molecule has 1 fully saturated rings. The van der Waals surface area contributed by atoms with Crippen LogP contribution in [0.2, 0.25) is 0 Å². The zero-order valence-electron chi connectivity index (χ0n) is 9.82. The molecule has 0 aliphatic heterocycles. The van der Waals surface area contributed by atoms with Gasteiger partial charge in [-0.05, 0) is 25.3 Å². The number of nitrogens with one attached hydrogen (secondary N) is 2. The van der Waals surface area contributed by atoms with Crippen LogP contribution in [0.4, 0.5) is 0 Å². The number of hydrogen-bond donors (Lipinski definition) is 3. The van der Waals surface area contributed by atoms with E-state index in [0.29, 0.717) is 6.54 Å². The van der Waals surface area contributed by atoms with Crippen LogP contribution in [-0.4, -0.2) is 36.1 Å². The summed E-state index contributed by atoms with van der Waals surface area (Å²) in [6.07, 6.45) is 1.80. The highest BCUT2D eigenvalue weighted by Crippen LogP contribution is 2.32. The summed E-state index contributed by atoms with van der Waals surface area (Å²) < 4.78 is 0. The number of carbonyl (C=O) groups is 2. The molecule has 0 spiro atoms. The largest absolute Gasteiger partial charge is 0.480 e. The van der Waals surface area contributed by atoms with Crippen LogP contribution in [0.25, 0.3) is 0 Å². The van der Waals surface area contributed by atoms with Gasteiger partial charge in [0, 0.05) is 12.5 Å². The molecule has 1 rings (SSSR count). The quantitative estimate of drug-likeness (QED) is 0.582. The van der Waals surface area contributed by atoms with Crippen molar-refractivity contribution in [3.05, 3.63) is 0 Å². The first-order valence-electron chi connectivity index (χ1n) is 5.80. The van der Waals surface area contributed by atoms with E-state index in [2.05, 4.69) is 10.6 Å². The highest BCUT2D eigenvalue weighted by atomic mass is 16.4. The van der Waals surface area contributed by atoms with Crippen LogP contribution in [0.3, 0.4) is 0 Å². The van der Waals surface area contributed by atoms with Gasteiger partial charge in [-0.25, -0.2) is 4.79 Å². The summed E-state index contributed by atoms with van der Waals surface area (Å²) >= 11 is 0. The second kappa shape index (κ2) is 5.84. The minimum Gasteiger partial charge on any atom is -0.480 e. The number of amides is 1. The fourth-order valence-corrected chi connectivity index (χ4v) is 1.56. The summed E-state index contributed by atoms with van der Waals surface area (Å²) in [7, 11) is 0. The molecule has 2 unspecified atom stereocenters. The lowest BCUT2D eigenvalue weighted by molar-refractivity contribution is -0.143. The number of hydrogen-bond acceptors (Lipinski definition) is 3. The molecule has 16 heavy (non-hydrogen) atoms. The summed E-state index contributed by atoms with van der Waals surface area (Å²) in [4.78, 5) is 22.6. The van der Waals surface area contributed by atoms with E-state index in [1.54, 1.807) is 6.92 Å². The minimum atomic E-state index is -0.925. The van der Waals surface area contributed by atoms with Crippen LogP contribution < -0.4 is 10.6 Å². The highest BCUT2D eigenvalue weighted by Gasteiger charge is 2.37. The third-order valence-corrected chi connectivity index (χ3v) is 2.81. The first kappa shape index (κ1) is 13.0. The van der Waals surface area contributed by atoms with Gasteiger partial charge in [0.2, 0.25) is 5.91 Å². The summed E-state index contributed by atoms with van der Waals surface area (Å²) in [5, 5.41) is 14.6. The van der Waals surface area contributed by atoms with Gasteiger partial charge in [0.15, 0.2) is 0 Å². The van der Waals surface area contributed by atoms with E-state index >= 15 is 0 Å². The topological polar surface area (TPSA) is 78.4 Å². The number of rotatable bonds is 7. The Morgan fingerprint density at radius 1 is 1.44 bits per heavy atom. The third kappa shape index (κ3) is 3.81. The van der Waals surface area contributed by atoms with Crippen molar-refractivity contribution in [1.29, 1.82) is 0 Å². The molecule has 1 amide bonds. The molecule has 5 heteroatoms. The Kier molecular flexibility index (Phi) is 4.73. The average Bonchev–Trinajstić information content (AvgIpc) is 3.05. The van der Waals surface area contributed by atoms with Gasteiger partial charge in [-0.3, -0.25) is 4.79 Å². The smallest absolute Gasteiger partial charge is 0.326 e. The van der Waals surface area contributed by atoms with Gasteiger partial charge in [-0.15, -0.1) is 0 Å². The zero-order valence-corrected chi connectivity index (χ0v) is 9.82. The molecule has 0 aromatic heterocycles. The lowest BCUT2D eigenvalue weighted by Gasteiger charge is -2.17. The number of aliphatic carboxylic acids is 1. The molecule has 92 valence electrons. The molecular formula is C11H20N2O3. The van der Waals surface area contributed by atoms with Crippen LogP contribution in [0.5, 0.6) is 0 Å². The average molecular weight is 228 g/mol. The van der Waals surface area contributed by atoms with E-state index in [1.165, 1.54) is 0 Å². The van der Waals surface area contributed by atoms with E-state index < -0.39 is 12.0 Å². The van der Waals surface area contributed by atoms with Gasteiger partial charge in [0.25, 0.3) is 0 Å². The lowest BCUT2D eigenvalue weighted by atomic mass is 10.1. The fourth-order valence-electron chi connectivity index (χ4n) is 1.56. The summed E-state index contributed by atoms with van der Waals surface area (Å²) in [5.74, 6) is -1.17. The monoisotopic (exact) mass is 228 g/mol. The van der Waals surface area contributed by atoms with E-state index in [-0.39, 0.29) is 17.7 Å². The van der Waals surface area contributed by atoms with Crippen LogP contribution in [0.15, 0.2) is 0 Å². The van der Waals surface area contributed by atoms with E-state index in [0.717, 1.165) is 19.4 Å². The Labute approximate surface area is 95.6 Å². The minimum absolute atomic E-state index is 0.132. The van der Waals surface area contributed by atoms with Gasteiger partial charge in [-0.1, -0.05) is 13.8 Å². The molecule has 0 saturated heterocycles. The normalized spacial score (nSPS) is 18.9. The summed E-state index contributed by atoms with van der Waals surface area (Å²) in [6.45, 7) is 5.15. The van der Waals surface area contributed by atoms with Gasteiger partial charge in [0.1, 0.15) is 6.04 Å². The zero-order chi connectivity index (χ0) is 12.1. The van der Waals surface area contributed by atoms with E-state index in [9.17, 15) is 9.59 Å². The molecule has 2 atom stereocenters. The van der Waals surface area contributed by atoms with Crippen molar-refractivity contribution in [3.63, 3.8) is 0 Å². The van der Waals surface area contributed by atoms with Gasteiger partial charge in [0.05, 0.1) is 0 Å². The van der Waals surface area contributed by atoms with Crippen LogP contribution in [0.1, 0.15) is 26.7 Å². The number of carboxylic acid groups (broad SMARTS) is 1. The molecule has 0 aromatic carbocycles. The Hall–Kier alpha value is -1.10. The highest BCUT2D eigenvalue weighted by molar-refractivity contribution is 5.85. The molecule has 0 heterocycles. The predicted octanol–water partition coefficient (Wildman–Crippen LogP) is 0.211. The summed E-state index contributed by atoms with van der Waals surface area (Å²) in [6, 6.07) is -0.698. The Balaban J connectivity index is 2.38. The molecule has 0 aromatic rings. The Morgan fingerprint density at radius 2 is 2.06 bits per heavy atom. The van der Waals surface area contributed by atoms with Crippen molar-refractivity contribution >= 4 is 11.9 Å². The van der Waals surface area contributed by atoms with Gasteiger partial charge >= 0.3 is 5.97 Å². The molecule has 1 saturated carbocycles. The van der Waals surface area contributed by atoms with Gasteiger partial charge in [-0.2, -0.15) is 0 Å². The van der Waals surface area contributed by atoms with Crippen LogP contribution in [0, 0.1) is 11.8 Å². The van der Waals surface area contributed by atoms with E-state index in [1.807, 2.05) is 6.92 Å². The fraction of sp³-hybridized carbons (Fsp3) is 0.818. The SMILES string of the molecule is CCNCC(C)C(=O)NC(C(=O)O)C1CC1. The van der Waals surface area contributed by atoms with Crippen molar-refractivity contribution in [1.82, 2.24) is 10.6 Å². The van der Waals surface area contributed by atoms with Crippen LogP contribution in [-0.2, 0) is 9.59 Å². The van der Waals surface area contributed by atoms with E-state index in [4.69, 9.17) is 5.11 Å². The lowest BCUT2D eigenvalue weighted by Crippen LogP contribution is -2.46. The molecule has 1 aliphatic carbocycles. The number of carbonyl (C=O) groups excluding carboxylic acids is 1. The Morgan fingerprint density at radius 3 is 2.50 bits per heavy atom. The molecular weight excluding hydrogens is 208 g/mol. The molecule has 1 aliphatic rings. The molecule has 0 radical (unpaired) electrons. The maximum atomic E-state index is 11.7. The molecule has 5 nitrogen and oxygen atoms in total. The first-order valence-corrected chi connectivity index (χ1v) is 5.80. The van der Waals surface area contributed by atoms with Crippen LogP contribution >= 0.6 is 0 Å². The predicted molar refractivity (Wildman–Crippen MR) is 60.0 cm³/mol. The Bertz CT molecular complexity index is 264. The van der Waals surface area contributed by atoms with Crippen molar-refractivity contribution < 1.29 is 14.7 Å². The van der Waals surface area contributed by atoms with Crippen molar-refractivity contribution in [2.45, 2.75) is 32.7 Å². The molecule has 0 bridgehead atoms. The maximum Gasteiger partial charge on any atom is 0.326 e. The summed E-state index contributed by atoms with van der Waals surface area (Å²) in [5.41, 5.74) is 0. The third-order valence-electron chi connectivity index (χ3n) is 2.81. The second-order valence-corrected chi connectivity index (χ2v) is 4.37. The van der Waals surface area contributed by atoms with Crippen molar-refractivity contribution in [3.8, 4) is 0 Å². The second-order valence-electron chi connectivity index (χ2n) is 4.37. The standard InChI is InChI=1S/C11H20N2O3/c1-3-12-6-7(2)10(14)13-9(11(15)16)8-4-5-8/h7-9,12H,3-6H2,1-2H3,(H,13,14)(H,15,16). The van der Waals surface area contributed by atoms with Crippen molar-refractivity contribution in [2.75, 3.05) is 13.1 Å².